The van der Waals surface area contributed by atoms with Crippen molar-refractivity contribution in [2.45, 2.75) is 90.7 Å². The van der Waals surface area contributed by atoms with Gasteiger partial charge in [0.25, 0.3) is 0 Å². The number of rotatable bonds is 3. The zero-order chi connectivity index (χ0) is 19.4. The van der Waals surface area contributed by atoms with Gasteiger partial charge in [-0.2, -0.15) is 0 Å². The highest BCUT2D eigenvalue weighted by Crippen LogP contribution is 2.67. The summed E-state index contributed by atoms with van der Waals surface area (Å²) in [5.41, 5.74) is 6.29. The van der Waals surface area contributed by atoms with E-state index in [1.165, 1.54) is 44.9 Å². The zero-order valence-corrected chi connectivity index (χ0v) is 18.8. The molecule has 0 spiro atoms. The molecule has 0 aromatic heterocycles. The molecule has 4 aliphatic rings. The van der Waals surface area contributed by atoms with Gasteiger partial charge in [-0.3, -0.25) is 4.79 Å². The van der Waals surface area contributed by atoms with Crippen LogP contribution in [0.1, 0.15) is 78.6 Å². The Bertz CT molecular complexity index is 585. The minimum atomic E-state index is -0.162. The highest BCUT2D eigenvalue weighted by molar-refractivity contribution is 5.85. The van der Waals surface area contributed by atoms with Crippen molar-refractivity contribution in [1.82, 2.24) is 5.32 Å². The fraction of sp³-hybridized carbons (Fsp3) is 0.957. The minimum absolute atomic E-state index is 0. The molecule has 1 amide bonds. The molecule has 0 aliphatic heterocycles. The molecule has 0 radical (unpaired) electrons. The van der Waals surface area contributed by atoms with Gasteiger partial charge < -0.3 is 16.2 Å². The van der Waals surface area contributed by atoms with Crippen molar-refractivity contribution in [2.75, 3.05) is 6.54 Å². The Kier molecular flexibility index (Phi) is 6.45. The molecule has 0 bridgehead atoms. The average Bonchev–Trinajstić information content (AvgIpc) is 2.99. The number of hydrogen-bond acceptors (Lipinski definition) is 3. The molecule has 4 saturated carbocycles. The Hall–Kier alpha value is -0.320. The topological polar surface area (TPSA) is 75.3 Å². The first-order valence-corrected chi connectivity index (χ1v) is 11.5. The number of nitrogens with one attached hydrogen (secondary N) is 1. The van der Waals surface area contributed by atoms with Gasteiger partial charge in [-0.05, 0) is 105 Å². The van der Waals surface area contributed by atoms with Gasteiger partial charge in [0.2, 0.25) is 5.91 Å². The minimum Gasteiger partial charge on any atom is -0.393 e. The summed E-state index contributed by atoms with van der Waals surface area (Å²) in [6, 6.07) is 0.329. The molecule has 0 heterocycles. The van der Waals surface area contributed by atoms with Crippen LogP contribution in [0.4, 0.5) is 0 Å². The summed E-state index contributed by atoms with van der Waals surface area (Å²) in [5.74, 6) is 3.74. The number of fused-ring (bicyclic) bond motifs is 5. The molecular formula is C23H41ClN2O2. The van der Waals surface area contributed by atoms with Crippen molar-refractivity contribution >= 4 is 18.3 Å². The quantitative estimate of drug-likeness (QED) is 0.658. The van der Waals surface area contributed by atoms with Crippen LogP contribution in [0.15, 0.2) is 0 Å². The first kappa shape index (κ1) is 22.4. The lowest BCUT2D eigenvalue weighted by Gasteiger charge is -2.61. The van der Waals surface area contributed by atoms with E-state index in [2.05, 4.69) is 19.2 Å². The van der Waals surface area contributed by atoms with Crippen molar-refractivity contribution in [3.8, 4) is 0 Å². The molecular weight excluding hydrogens is 372 g/mol. The van der Waals surface area contributed by atoms with Crippen molar-refractivity contribution in [1.29, 1.82) is 0 Å². The number of halogens is 1. The van der Waals surface area contributed by atoms with Gasteiger partial charge in [-0.15, -0.1) is 12.4 Å². The second-order valence-electron chi connectivity index (χ2n) is 10.9. The molecule has 4 rings (SSSR count). The van der Waals surface area contributed by atoms with Crippen molar-refractivity contribution in [3.63, 3.8) is 0 Å². The summed E-state index contributed by atoms with van der Waals surface area (Å²) in [6.45, 7) is 7.18. The first-order chi connectivity index (χ1) is 12.8. The second kappa shape index (κ2) is 8.07. The Morgan fingerprint density at radius 2 is 1.75 bits per heavy atom. The molecule has 9 atom stereocenters. The summed E-state index contributed by atoms with van der Waals surface area (Å²) in [7, 11) is 0. The number of nitrogens with two attached hydrogens (primary N) is 1. The van der Waals surface area contributed by atoms with Crippen LogP contribution in [-0.4, -0.2) is 29.7 Å². The van der Waals surface area contributed by atoms with Crippen LogP contribution in [0.5, 0.6) is 0 Å². The maximum atomic E-state index is 11.7. The van der Waals surface area contributed by atoms with Crippen molar-refractivity contribution < 1.29 is 9.90 Å². The van der Waals surface area contributed by atoms with E-state index in [-0.39, 0.29) is 31.0 Å². The first-order valence-electron chi connectivity index (χ1n) is 11.5. The van der Waals surface area contributed by atoms with Gasteiger partial charge in [-0.25, -0.2) is 0 Å². The number of hydrogen-bond donors (Lipinski definition) is 3. The van der Waals surface area contributed by atoms with Crippen molar-refractivity contribution in [3.05, 3.63) is 0 Å². The summed E-state index contributed by atoms with van der Waals surface area (Å²) >= 11 is 0. The van der Waals surface area contributed by atoms with Gasteiger partial charge in [0.05, 0.1) is 12.6 Å². The Labute approximate surface area is 177 Å². The van der Waals surface area contributed by atoms with E-state index in [0.29, 0.717) is 22.8 Å². The molecule has 4 nitrogen and oxygen atoms in total. The summed E-state index contributed by atoms with van der Waals surface area (Å²) in [4.78, 5) is 11.7. The van der Waals surface area contributed by atoms with Crippen LogP contribution in [-0.2, 0) is 4.79 Å². The Morgan fingerprint density at radius 1 is 1.07 bits per heavy atom. The maximum Gasteiger partial charge on any atom is 0.233 e. The number of carbonyl (C=O) groups is 1. The van der Waals surface area contributed by atoms with Crippen LogP contribution in [0.3, 0.4) is 0 Å². The third-order valence-corrected chi connectivity index (χ3v) is 9.87. The molecule has 28 heavy (non-hydrogen) atoms. The molecule has 4 N–H and O–H groups in total. The fourth-order valence-electron chi connectivity index (χ4n) is 8.51. The van der Waals surface area contributed by atoms with Crippen LogP contribution in [0.25, 0.3) is 0 Å². The Morgan fingerprint density at radius 3 is 2.43 bits per heavy atom. The smallest absolute Gasteiger partial charge is 0.233 e. The van der Waals surface area contributed by atoms with E-state index >= 15 is 0 Å². The number of amides is 1. The van der Waals surface area contributed by atoms with Gasteiger partial charge in [0.15, 0.2) is 0 Å². The number of carbonyl (C=O) groups excluding carboxylic acids is 1. The van der Waals surface area contributed by atoms with Crippen LogP contribution in [0, 0.1) is 40.4 Å². The molecule has 0 aromatic rings. The molecule has 5 heteroatoms. The van der Waals surface area contributed by atoms with E-state index in [9.17, 15) is 9.90 Å². The highest BCUT2D eigenvalue weighted by Gasteiger charge is 2.60. The summed E-state index contributed by atoms with van der Waals surface area (Å²) in [6.07, 6.45) is 11.2. The van der Waals surface area contributed by atoms with Crippen LogP contribution < -0.4 is 11.1 Å². The van der Waals surface area contributed by atoms with E-state index in [0.717, 1.165) is 36.5 Å². The van der Waals surface area contributed by atoms with E-state index in [1.54, 1.807) is 0 Å². The Balaban J connectivity index is 0.00000225. The van der Waals surface area contributed by atoms with Crippen molar-refractivity contribution in [2.24, 2.45) is 46.2 Å². The normalized spacial score (nSPS) is 48.5. The fourth-order valence-corrected chi connectivity index (χ4v) is 8.51. The SMILES string of the molecule is CC(O)[C@H]1CC[C@H]2[C@@H]3CC[C@H]4C[C@H](NC(=O)CN)CC[C@]4(C)[C@H]3CC[C@]12C.Cl. The maximum absolute atomic E-state index is 11.7. The second-order valence-corrected chi connectivity index (χ2v) is 10.9. The average molecular weight is 413 g/mol. The molecule has 0 aromatic carbocycles. The summed E-state index contributed by atoms with van der Waals surface area (Å²) < 4.78 is 0. The van der Waals surface area contributed by atoms with Gasteiger partial charge in [0, 0.05) is 6.04 Å². The van der Waals surface area contributed by atoms with Gasteiger partial charge in [0.1, 0.15) is 0 Å². The molecule has 4 aliphatic carbocycles. The predicted octanol–water partition coefficient (Wildman–Crippen LogP) is 3.89. The third-order valence-electron chi connectivity index (χ3n) is 9.87. The molecule has 0 saturated heterocycles. The predicted molar refractivity (Wildman–Crippen MR) is 115 cm³/mol. The summed E-state index contributed by atoms with van der Waals surface area (Å²) in [5, 5.41) is 13.5. The number of aliphatic hydroxyl groups is 1. The van der Waals surface area contributed by atoms with Gasteiger partial charge in [-0.1, -0.05) is 13.8 Å². The largest absolute Gasteiger partial charge is 0.393 e. The molecule has 1 unspecified atom stereocenters. The van der Waals surface area contributed by atoms with E-state index < -0.39 is 0 Å². The lowest BCUT2D eigenvalue weighted by Crippen LogP contribution is -2.56. The monoisotopic (exact) mass is 412 g/mol. The third kappa shape index (κ3) is 3.41. The van der Waals surface area contributed by atoms with Gasteiger partial charge >= 0.3 is 0 Å². The number of aliphatic hydroxyl groups excluding tert-OH is 1. The lowest BCUT2D eigenvalue weighted by molar-refractivity contribution is -0.128. The van der Waals surface area contributed by atoms with E-state index in [1.807, 2.05) is 6.92 Å². The standard InChI is InChI=1S/C23H40N2O2.ClH/c1-14(26)18-6-7-19-17-5-4-15-12-16(25-21(27)13-24)8-10-22(15,2)20(17)9-11-23(18,19)3;/h14-20,26H,4-13,24H2,1-3H3,(H,25,27);1H/t14?,15-,16+,17-,18+,19-,20-,22-,23+;/m0./s1. The van der Waals surface area contributed by atoms with Crippen LogP contribution in [0.2, 0.25) is 0 Å². The molecule has 162 valence electrons. The highest BCUT2D eigenvalue weighted by atomic mass is 35.5. The van der Waals surface area contributed by atoms with E-state index in [4.69, 9.17) is 5.73 Å². The lowest BCUT2D eigenvalue weighted by atomic mass is 9.44. The molecule has 4 fully saturated rings. The van der Waals surface area contributed by atoms with Crippen LogP contribution >= 0.6 is 12.4 Å². The zero-order valence-electron chi connectivity index (χ0n) is 18.0.